The third-order valence-electron chi connectivity index (χ3n) is 3.01. The van der Waals surface area contributed by atoms with Crippen molar-refractivity contribution in [1.29, 1.82) is 0 Å². The molecule has 1 nitrogen and oxygen atoms in total. The lowest BCUT2D eigenvalue weighted by atomic mass is 10.1. The van der Waals surface area contributed by atoms with Gasteiger partial charge in [0.2, 0.25) is 0 Å². The Kier molecular flexibility index (Phi) is 4.65. The van der Waals surface area contributed by atoms with Gasteiger partial charge in [0.15, 0.2) is 0 Å². The van der Waals surface area contributed by atoms with Crippen molar-refractivity contribution in [1.82, 2.24) is 5.32 Å². The van der Waals surface area contributed by atoms with Gasteiger partial charge in [-0.1, -0.05) is 13.0 Å². The topological polar surface area (TPSA) is 12.0 Å². The molecule has 2 rings (SSSR count). The highest BCUT2D eigenvalue weighted by molar-refractivity contribution is 7.19. The van der Waals surface area contributed by atoms with E-state index in [0.29, 0.717) is 6.54 Å². The van der Waals surface area contributed by atoms with E-state index in [1.165, 1.54) is 23.5 Å². The zero-order valence-corrected chi connectivity index (χ0v) is 11.7. The van der Waals surface area contributed by atoms with E-state index in [-0.39, 0.29) is 18.3 Å². The number of thiophene rings is 1. The quantitative estimate of drug-likeness (QED) is 0.764. The van der Waals surface area contributed by atoms with Crippen LogP contribution in [0.15, 0.2) is 24.3 Å². The minimum atomic E-state index is -4.16. The largest absolute Gasteiger partial charge is 0.389 e. The maximum absolute atomic E-state index is 13.1. The molecule has 0 aliphatic carbocycles. The molecule has 20 heavy (non-hydrogen) atoms. The molecule has 0 saturated carbocycles. The van der Waals surface area contributed by atoms with Gasteiger partial charge in [-0.3, -0.25) is 0 Å². The third-order valence-corrected chi connectivity index (χ3v) is 4.22. The van der Waals surface area contributed by atoms with Gasteiger partial charge in [0, 0.05) is 22.0 Å². The molecule has 1 heterocycles. The molecule has 0 aliphatic rings. The van der Waals surface area contributed by atoms with E-state index in [9.17, 15) is 17.6 Å². The first-order chi connectivity index (χ1) is 9.39. The first-order valence-corrected chi connectivity index (χ1v) is 7.20. The standard InChI is InChI=1S/C14H15F4NS/c1-2-19-11(5-6-14(16,17)18)13-7-9-3-4-10(15)8-12(9)20-13/h3-4,7-8,11,19H,2,5-6H2,1H3. The number of rotatable bonds is 5. The number of halogens is 4. The van der Waals surface area contributed by atoms with Crippen molar-refractivity contribution >= 4 is 21.4 Å². The molecular weight excluding hydrogens is 290 g/mol. The van der Waals surface area contributed by atoms with Crippen molar-refractivity contribution in [2.24, 2.45) is 0 Å². The number of benzene rings is 1. The fourth-order valence-electron chi connectivity index (χ4n) is 2.10. The number of hydrogen-bond donors (Lipinski definition) is 1. The van der Waals surface area contributed by atoms with E-state index >= 15 is 0 Å². The van der Waals surface area contributed by atoms with Crippen molar-refractivity contribution in [3.8, 4) is 0 Å². The Labute approximate surface area is 118 Å². The van der Waals surface area contributed by atoms with Gasteiger partial charge < -0.3 is 5.32 Å². The van der Waals surface area contributed by atoms with E-state index in [2.05, 4.69) is 5.32 Å². The summed E-state index contributed by atoms with van der Waals surface area (Å²) in [5.41, 5.74) is 0. The Hall–Kier alpha value is -1.14. The molecule has 0 amide bonds. The summed E-state index contributed by atoms with van der Waals surface area (Å²) in [7, 11) is 0. The molecule has 1 N–H and O–H groups in total. The second-order valence-electron chi connectivity index (χ2n) is 4.60. The van der Waals surface area contributed by atoms with Gasteiger partial charge in [0.05, 0.1) is 0 Å². The number of alkyl halides is 3. The predicted octanol–water partition coefficient (Wildman–Crippen LogP) is 5.03. The van der Waals surface area contributed by atoms with Gasteiger partial charge in [0.25, 0.3) is 0 Å². The molecule has 1 unspecified atom stereocenters. The van der Waals surface area contributed by atoms with Crippen LogP contribution in [0.25, 0.3) is 10.1 Å². The minimum Gasteiger partial charge on any atom is -0.310 e. The zero-order valence-electron chi connectivity index (χ0n) is 10.9. The van der Waals surface area contributed by atoms with Crippen molar-refractivity contribution in [3.05, 3.63) is 35.0 Å². The summed E-state index contributed by atoms with van der Waals surface area (Å²) in [5.74, 6) is -0.332. The first-order valence-electron chi connectivity index (χ1n) is 6.38. The Morgan fingerprint density at radius 1 is 1.25 bits per heavy atom. The summed E-state index contributed by atoms with van der Waals surface area (Å²) in [5, 5.41) is 3.93. The van der Waals surface area contributed by atoms with E-state index in [1.54, 1.807) is 6.07 Å². The van der Waals surface area contributed by atoms with Gasteiger partial charge in [-0.25, -0.2) is 4.39 Å². The van der Waals surface area contributed by atoms with Crippen LogP contribution >= 0.6 is 11.3 Å². The van der Waals surface area contributed by atoms with Crippen LogP contribution in [-0.4, -0.2) is 12.7 Å². The average molecular weight is 305 g/mol. The van der Waals surface area contributed by atoms with Crippen molar-refractivity contribution < 1.29 is 17.6 Å². The van der Waals surface area contributed by atoms with Crippen LogP contribution in [-0.2, 0) is 0 Å². The highest BCUT2D eigenvalue weighted by atomic mass is 32.1. The zero-order chi connectivity index (χ0) is 14.8. The summed E-state index contributed by atoms with van der Waals surface area (Å²) in [6.45, 7) is 2.44. The van der Waals surface area contributed by atoms with Gasteiger partial charge in [-0.15, -0.1) is 11.3 Å². The van der Waals surface area contributed by atoms with Crippen LogP contribution in [0.4, 0.5) is 17.6 Å². The van der Waals surface area contributed by atoms with E-state index in [0.717, 1.165) is 15.0 Å². The monoisotopic (exact) mass is 305 g/mol. The molecule has 0 radical (unpaired) electrons. The number of nitrogens with one attached hydrogen (secondary N) is 1. The molecule has 1 atom stereocenters. The molecule has 0 aliphatic heterocycles. The maximum Gasteiger partial charge on any atom is 0.389 e. The fourth-order valence-corrected chi connectivity index (χ4v) is 3.30. The van der Waals surface area contributed by atoms with Crippen LogP contribution in [0.2, 0.25) is 0 Å². The van der Waals surface area contributed by atoms with Crippen LogP contribution in [0, 0.1) is 5.82 Å². The lowest BCUT2D eigenvalue weighted by Crippen LogP contribution is -2.22. The van der Waals surface area contributed by atoms with Crippen LogP contribution in [0.3, 0.4) is 0 Å². The van der Waals surface area contributed by atoms with Crippen LogP contribution in [0.5, 0.6) is 0 Å². The number of fused-ring (bicyclic) bond motifs is 1. The van der Waals surface area contributed by atoms with E-state index in [1.807, 2.05) is 13.0 Å². The van der Waals surface area contributed by atoms with E-state index in [4.69, 9.17) is 0 Å². The normalized spacial score (nSPS) is 13.8. The Morgan fingerprint density at radius 2 is 2.00 bits per heavy atom. The molecule has 0 spiro atoms. The fraction of sp³-hybridized carbons (Fsp3) is 0.429. The molecule has 0 bridgehead atoms. The third kappa shape index (κ3) is 3.93. The molecule has 0 saturated heterocycles. The van der Waals surface area contributed by atoms with Crippen LogP contribution < -0.4 is 5.32 Å². The molecule has 6 heteroatoms. The summed E-state index contributed by atoms with van der Waals surface area (Å²) in [6, 6.07) is 5.91. The van der Waals surface area contributed by atoms with Gasteiger partial charge in [-0.05, 0) is 36.6 Å². The molecule has 110 valence electrons. The SMILES string of the molecule is CCNC(CCC(F)(F)F)c1cc2ccc(F)cc2s1. The first kappa shape index (κ1) is 15.3. The van der Waals surface area contributed by atoms with Gasteiger partial charge in [-0.2, -0.15) is 13.2 Å². The predicted molar refractivity (Wildman–Crippen MR) is 73.5 cm³/mol. The van der Waals surface area contributed by atoms with Gasteiger partial charge in [0.1, 0.15) is 5.82 Å². The van der Waals surface area contributed by atoms with Gasteiger partial charge >= 0.3 is 6.18 Å². The highest BCUT2D eigenvalue weighted by Gasteiger charge is 2.29. The minimum absolute atomic E-state index is 0.00730. The Morgan fingerprint density at radius 3 is 2.65 bits per heavy atom. The highest BCUT2D eigenvalue weighted by Crippen LogP contribution is 2.34. The molecule has 1 aromatic heterocycles. The van der Waals surface area contributed by atoms with Crippen molar-refractivity contribution in [3.63, 3.8) is 0 Å². The summed E-state index contributed by atoms with van der Waals surface area (Å²) in [6.07, 6.45) is -4.99. The second-order valence-corrected chi connectivity index (χ2v) is 5.71. The number of hydrogen-bond acceptors (Lipinski definition) is 2. The second kappa shape index (κ2) is 6.10. The molecule has 0 fully saturated rings. The molecule has 1 aromatic carbocycles. The summed E-state index contributed by atoms with van der Waals surface area (Å²) >= 11 is 1.34. The van der Waals surface area contributed by atoms with Crippen molar-refractivity contribution in [2.75, 3.05) is 6.54 Å². The van der Waals surface area contributed by atoms with Crippen molar-refractivity contribution in [2.45, 2.75) is 32.0 Å². The molecule has 2 aromatic rings. The molecular formula is C14H15F4NS. The average Bonchev–Trinajstić information content (AvgIpc) is 2.75. The lowest BCUT2D eigenvalue weighted by molar-refractivity contribution is -0.136. The van der Waals surface area contributed by atoms with Crippen LogP contribution in [0.1, 0.15) is 30.7 Å². The Balaban J connectivity index is 2.22. The smallest absolute Gasteiger partial charge is 0.310 e. The summed E-state index contributed by atoms with van der Waals surface area (Å²) < 4.78 is 51.0. The maximum atomic E-state index is 13.1. The lowest BCUT2D eigenvalue weighted by Gasteiger charge is -2.17. The summed E-state index contributed by atoms with van der Waals surface area (Å²) in [4.78, 5) is 0.816. The van der Waals surface area contributed by atoms with E-state index < -0.39 is 12.6 Å². The Bertz CT molecular complexity index is 576.